The van der Waals surface area contributed by atoms with Gasteiger partial charge in [-0.2, -0.15) is 0 Å². The van der Waals surface area contributed by atoms with Gasteiger partial charge in [-0.15, -0.1) is 0 Å². The van der Waals surface area contributed by atoms with Gasteiger partial charge < -0.3 is 9.73 Å². The van der Waals surface area contributed by atoms with Crippen molar-refractivity contribution in [2.24, 2.45) is 0 Å². The van der Waals surface area contributed by atoms with Gasteiger partial charge in [-0.1, -0.05) is 66.7 Å². The van der Waals surface area contributed by atoms with Crippen LogP contribution in [0.1, 0.15) is 21.5 Å². The summed E-state index contributed by atoms with van der Waals surface area (Å²) in [5, 5.41) is 2.88. The fraction of sp³-hybridized carbons (Fsp3) is 0.120. The molecule has 0 aliphatic rings. The molecule has 0 atom stereocenters. The molecule has 0 saturated carbocycles. The van der Waals surface area contributed by atoms with E-state index >= 15 is 0 Å². The summed E-state index contributed by atoms with van der Waals surface area (Å²) >= 11 is 0. The number of nitrogens with zero attached hydrogens (tertiary/aromatic N) is 1. The lowest BCUT2D eigenvalue weighted by atomic mass is 10.1. The molecule has 4 rings (SSSR count). The summed E-state index contributed by atoms with van der Waals surface area (Å²) in [5.41, 5.74) is 3.24. The van der Waals surface area contributed by atoms with Crippen molar-refractivity contribution in [3.8, 4) is 22.8 Å². The van der Waals surface area contributed by atoms with Gasteiger partial charge in [-0.25, -0.2) is 18.1 Å². The van der Waals surface area contributed by atoms with Crippen LogP contribution in [0.25, 0.3) is 22.8 Å². The third kappa shape index (κ3) is 5.36. The van der Waals surface area contributed by atoms with Gasteiger partial charge in [-0.05, 0) is 30.3 Å². The lowest BCUT2D eigenvalue weighted by molar-refractivity contribution is 0.0951. The average Bonchev–Trinajstić information content (AvgIpc) is 3.34. The zero-order valence-electron chi connectivity index (χ0n) is 18.0. The molecule has 1 aromatic heterocycles. The Hall–Kier alpha value is -3.75. The zero-order valence-corrected chi connectivity index (χ0v) is 18.8. The number of hydrogen-bond acceptors (Lipinski definition) is 5. The van der Waals surface area contributed by atoms with E-state index < -0.39 is 10.0 Å². The van der Waals surface area contributed by atoms with Crippen molar-refractivity contribution >= 4 is 15.9 Å². The number of rotatable bonds is 8. The number of carbonyl (C=O) groups excluding carboxylic acids is 1. The highest BCUT2D eigenvalue weighted by Crippen LogP contribution is 2.28. The van der Waals surface area contributed by atoms with E-state index in [0.29, 0.717) is 28.3 Å². The highest BCUT2D eigenvalue weighted by atomic mass is 32.2. The van der Waals surface area contributed by atoms with Crippen LogP contribution in [0.15, 0.2) is 89.5 Å². The lowest BCUT2D eigenvalue weighted by Gasteiger charge is -2.12. The number of nitrogens with one attached hydrogen (secondary N) is 2. The molecule has 2 N–H and O–H groups in total. The topological polar surface area (TPSA) is 101 Å². The van der Waals surface area contributed by atoms with Gasteiger partial charge in [0.1, 0.15) is 0 Å². The molecule has 0 bridgehead atoms. The Bertz CT molecular complexity index is 1370. The van der Waals surface area contributed by atoms with Crippen molar-refractivity contribution in [3.05, 3.63) is 102 Å². The molecule has 168 valence electrons. The predicted octanol–water partition coefficient (Wildman–Crippen LogP) is 3.99. The summed E-state index contributed by atoms with van der Waals surface area (Å²) in [4.78, 5) is 17.4. The molecule has 8 heteroatoms. The Labute approximate surface area is 192 Å². The van der Waals surface area contributed by atoms with Gasteiger partial charge in [-0.3, -0.25) is 4.79 Å². The quantitative estimate of drug-likeness (QED) is 0.413. The molecular weight excluding hydrogens is 438 g/mol. The van der Waals surface area contributed by atoms with E-state index in [-0.39, 0.29) is 18.2 Å². The molecule has 7 nitrogen and oxygen atoms in total. The summed E-state index contributed by atoms with van der Waals surface area (Å²) in [6, 6.07) is 23.8. The van der Waals surface area contributed by atoms with Gasteiger partial charge in [0, 0.05) is 17.7 Å². The first-order chi connectivity index (χ1) is 16.0. The second kappa shape index (κ2) is 9.81. The van der Waals surface area contributed by atoms with E-state index in [1.807, 2.05) is 42.5 Å². The van der Waals surface area contributed by atoms with Crippen molar-refractivity contribution in [1.29, 1.82) is 0 Å². The molecule has 33 heavy (non-hydrogen) atoms. The van der Waals surface area contributed by atoms with E-state index in [1.54, 1.807) is 42.6 Å². The third-order valence-electron chi connectivity index (χ3n) is 5.18. The molecule has 4 aromatic rings. The highest BCUT2D eigenvalue weighted by molar-refractivity contribution is 7.88. The second-order valence-electron chi connectivity index (χ2n) is 7.36. The monoisotopic (exact) mass is 461 g/mol. The van der Waals surface area contributed by atoms with Crippen molar-refractivity contribution in [2.45, 2.75) is 12.3 Å². The minimum absolute atomic E-state index is 0.162. The van der Waals surface area contributed by atoms with Gasteiger partial charge >= 0.3 is 0 Å². The average molecular weight is 462 g/mol. The molecule has 0 spiro atoms. The fourth-order valence-corrected chi connectivity index (χ4v) is 4.26. The lowest BCUT2D eigenvalue weighted by Crippen LogP contribution is -2.25. The maximum atomic E-state index is 13.0. The van der Waals surface area contributed by atoms with Crippen LogP contribution in [-0.2, 0) is 22.3 Å². The van der Waals surface area contributed by atoms with E-state index in [9.17, 15) is 13.2 Å². The standard InChI is InChI=1S/C25H23N3O4S/c1-26-33(30,31)17-20-12-6-5-11-19(20)15-27-24(29)21-13-7-8-14-22(21)25-28-16-23(32-25)18-9-3-2-4-10-18/h2-14,16,26H,15,17H2,1H3,(H,27,29). The molecule has 1 heterocycles. The SMILES string of the molecule is CNS(=O)(=O)Cc1ccccc1CNC(=O)c1ccccc1-c1ncc(-c2ccccc2)o1. The van der Waals surface area contributed by atoms with Crippen LogP contribution in [0.3, 0.4) is 0 Å². The second-order valence-corrected chi connectivity index (χ2v) is 9.28. The number of hydrogen-bond donors (Lipinski definition) is 2. The molecule has 0 unspecified atom stereocenters. The third-order valence-corrected chi connectivity index (χ3v) is 6.49. The first kappa shape index (κ1) is 22.4. The number of oxazole rings is 1. The van der Waals surface area contributed by atoms with Crippen LogP contribution in [0, 0.1) is 0 Å². The maximum absolute atomic E-state index is 13.0. The molecule has 0 aliphatic heterocycles. The largest absolute Gasteiger partial charge is 0.436 e. The van der Waals surface area contributed by atoms with Gasteiger partial charge in [0.2, 0.25) is 15.9 Å². The number of carbonyl (C=O) groups is 1. The van der Waals surface area contributed by atoms with Crippen LogP contribution < -0.4 is 10.0 Å². The van der Waals surface area contributed by atoms with Crippen LogP contribution in [0.4, 0.5) is 0 Å². The smallest absolute Gasteiger partial charge is 0.252 e. The van der Waals surface area contributed by atoms with Crippen LogP contribution in [0.2, 0.25) is 0 Å². The Balaban J connectivity index is 1.54. The van der Waals surface area contributed by atoms with Gasteiger partial charge in [0.05, 0.1) is 17.5 Å². The van der Waals surface area contributed by atoms with Crippen LogP contribution in [-0.4, -0.2) is 26.4 Å². The van der Waals surface area contributed by atoms with E-state index in [4.69, 9.17) is 4.42 Å². The van der Waals surface area contributed by atoms with E-state index in [2.05, 4.69) is 15.0 Å². The highest BCUT2D eigenvalue weighted by Gasteiger charge is 2.18. The first-order valence-electron chi connectivity index (χ1n) is 10.3. The number of sulfonamides is 1. The zero-order chi connectivity index (χ0) is 23.3. The van der Waals surface area contributed by atoms with E-state index in [1.165, 1.54) is 7.05 Å². The maximum Gasteiger partial charge on any atom is 0.252 e. The first-order valence-corrected chi connectivity index (χ1v) is 12.0. The molecule has 1 amide bonds. The minimum atomic E-state index is -3.43. The summed E-state index contributed by atoms with van der Waals surface area (Å²) in [5.74, 6) is 0.488. The number of amides is 1. The molecule has 0 saturated heterocycles. The fourth-order valence-electron chi connectivity index (χ4n) is 3.42. The van der Waals surface area contributed by atoms with Crippen molar-refractivity contribution in [2.75, 3.05) is 7.05 Å². The molecular formula is C25H23N3O4S. The van der Waals surface area contributed by atoms with Crippen LogP contribution in [0.5, 0.6) is 0 Å². The Morgan fingerprint density at radius 2 is 1.58 bits per heavy atom. The summed E-state index contributed by atoms with van der Waals surface area (Å²) in [7, 11) is -2.05. The normalized spacial score (nSPS) is 11.3. The molecule has 3 aromatic carbocycles. The van der Waals surface area contributed by atoms with Crippen molar-refractivity contribution in [1.82, 2.24) is 15.0 Å². The summed E-state index contributed by atoms with van der Waals surface area (Å²) in [6.45, 7) is 0.184. The summed E-state index contributed by atoms with van der Waals surface area (Å²) in [6.07, 6.45) is 1.64. The number of benzene rings is 3. The molecule has 0 radical (unpaired) electrons. The van der Waals surface area contributed by atoms with Crippen LogP contribution >= 0.6 is 0 Å². The number of aromatic nitrogens is 1. The van der Waals surface area contributed by atoms with Crippen molar-refractivity contribution in [3.63, 3.8) is 0 Å². The van der Waals surface area contributed by atoms with Gasteiger partial charge in [0.25, 0.3) is 5.91 Å². The Morgan fingerprint density at radius 3 is 2.33 bits per heavy atom. The molecule has 0 aliphatic carbocycles. The Morgan fingerprint density at radius 1 is 0.909 bits per heavy atom. The summed E-state index contributed by atoms with van der Waals surface area (Å²) < 4.78 is 32.2. The predicted molar refractivity (Wildman–Crippen MR) is 127 cm³/mol. The minimum Gasteiger partial charge on any atom is -0.436 e. The van der Waals surface area contributed by atoms with Gasteiger partial charge in [0.15, 0.2) is 5.76 Å². The van der Waals surface area contributed by atoms with Crippen molar-refractivity contribution < 1.29 is 17.6 Å². The molecule has 0 fully saturated rings. The Kier molecular flexibility index (Phi) is 6.67. The van der Waals surface area contributed by atoms with E-state index in [0.717, 1.165) is 11.1 Å².